The first kappa shape index (κ1) is 10.3. The van der Waals surface area contributed by atoms with Crippen LogP contribution in [0.4, 0.5) is 5.82 Å². The van der Waals surface area contributed by atoms with Crippen LogP contribution in [0, 0.1) is 0 Å². The lowest BCUT2D eigenvalue weighted by Gasteiger charge is -2.10. The molecule has 0 radical (unpaired) electrons. The highest BCUT2D eigenvalue weighted by Crippen LogP contribution is 2.40. The maximum absolute atomic E-state index is 5.95. The third-order valence-corrected chi connectivity index (χ3v) is 4.11. The fourth-order valence-corrected chi connectivity index (χ4v) is 2.92. The monoisotopic (exact) mass is 243 g/mol. The van der Waals surface area contributed by atoms with Crippen LogP contribution in [0.1, 0.15) is 56.2 Å². The van der Waals surface area contributed by atoms with Gasteiger partial charge in [-0.15, -0.1) is 0 Å². The smallest absolute Gasteiger partial charge is 0.179 e. The van der Waals surface area contributed by atoms with Gasteiger partial charge < -0.3 is 5.73 Å². The molecule has 5 heteroatoms. The summed E-state index contributed by atoms with van der Waals surface area (Å²) in [5.74, 6) is 1.14. The van der Waals surface area contributed by atoms with E-state index < -0.39 is 0 Å². The van der Waals surface area contributed by atoms with Crippen molar-refractivity contribution in [3.63, 3.8) is 0 Å². The molecule has 2 heterocycles. The van der Waals surface area contributed by atoms with Crippen molar-refractivity contribution in [3.05, 3.63) is 11.9 Å². The van der Waals surface area contributed by atoms with Crippen molar-refractivity contribution in [1.82, 2.24) is 19.7 Å². The molecule has 4 rings (SSSR count). The first-order valence-corrected chi connectivity index (χ1v) is 6.83. The topological polar surface area (TPSA) is 69.6 Å². The van der Waals surface area contributed by atoms with Crippen molar-refractivity contribution in [2.75, 3.05) is 5.73 Å². The molecule has 2 fully saturated rings. The van der Waals surface area contributed by atoms with Gasteiger partial charge in [-0.25, -0.2) is 14.6 Å². The maximum Gasteiger partial charge on any atom is 0.179 e. The van der Waals surface area contributed by atoms with Gasteiger partial charge in [-0.3, -0.25) is 0 Å². The van der Waals surface area contributed by atoms with Crippen LogP contribution >= 0.6 is 0 Å². The maximum atomic E-state index is 5.95. The normalized spacial score (nSPS) is 20.9. The van der Waals surface area contributed by atoms with Crippen LogP contribution in [0.3, 0.4) is 0 Å². The molecule has 2 aliphatic rings. The van der Waals surface area contributed by atoms with Crippen LogP contribution in [-0.2, 0) is 0 Å². The molecule has 0 bridgehead atoms. The number of nitrogen functional groups attached to an aromatic ring is 1. The van der Waals surface area contributed by atoms with E-state index in [1.807, 2.05) is 10.9 Å². The summed E-state index contributed by atoms with van der Waals surface area (Å²) in [4.78, 5) is 9.22. The number of hydrogen-bond acceptors (Lipinski definition) is 4. The lowest BCUT2D eigenvalue weighted by molar-refractivity contribution is 0.480. The molecule has 0 aliphatic heterocycles. The lowest BCUT2D eigenvalue weighted by Crippen LogP contribution is -2.08. The quantitative estimate of drug-likeness (QED) is 0.879. The second-order valence-electron chi connectivity index (χ2n) is 5.51. The van der Waals surface area contributed by atoms with Gasteiger partial charge in [0.25, 0.3) is 0 Å². The number of nitrogens with zero attached hydrogens (tertiary/aromatic N) is 4. The molecule has 0 spiro atoms. The molecular weight excluding hydrogens is 226 g/mol. The SMILES string of the molecule is Nc1nn(C2CCCC2)c2nc(C3CC3)cnc12. The Labute approximate surface area is 105 Å². The van der Waals surface area contributed by atoms with E-state index >= 15 is 0 Å². The highest BCUT2D eigenvalue weighted by molar-refractivity contribution is 5.82. The molecule has 94 valence electrons. The third kappa shape index (κ3) is 1.50. The van der Waals surface area contributed by atoms with Crippen molar-refractivity contribution in [2.45, 2.75) is 50.5 Å². The number of hydrogen-bond donors (Lipinski definition) is 1. The first-order chi connectivity index (χ1) is 8.83. The molecule has 5 nitrogen and oxygen atoms in total. The Bertz CT molecular complexity index is 593. The zero-order chi connectivity index (χ0) is 12.1. The standard InChI is InChI=1S/C13H17N5/c14-12-11-13(16-10(7-15-11)8-5-6-8)18(17-12)9-3-1-2-4-9/h7-9H,1-6H2,(H2,14,17). The highest BCUT2D eigenvalue weighted by Gasteiger charge is 2.28. The number of nitrogens with two attached hydrogens (primary N) is 1. The van der Waals surface area contributed by atoms with Gasteiger partial charge in [0.15, 0.2) is 17.0 Å². The Morgan fingerprint density at radius 3 is 2.67 bits per heavy atom. The fourth-order valence-electron chi connectivity index (χ4n) is 2.92. The van der Waals surface area contributed by atoms with Crippen molar-refractivity contribution in [2.24, 2.45) is 0 Å². The second kappa shape index (κ2) is 3.67. The summed E-state index contributed by atoms with van der Waals surface area (Å²) in [5, 5.41) is 4.46. The number of aromatic nitrogens is 4. The summed E-state index contributed by atoms with van der Waals surface area (Å²) in [5.41, 5.74) is 8.73. The molecule has 2 saturated carbocycles. The van der Waals surface area contributed by atoms with E-state index in [1.165, 1.54) is 38.5 Å². The Kier molecular flexibility index (Phi) is 2.10. The summed E-state index contributed by atoms with van der Waals surface area (Å²) >= 11 is 0. The van der Waals surface area contributed by atoms with Gasteiger partial charge in [-0.2, -0.15) is 5.10 Å². The van der Waals surface area contributed by atoms with Gasteiger partial charge in [0, 0.05) is 12.1 Å². The van der Waals surface area contributed by atoms with E-state index in [1.54, 1.807) is 0 Å². The number of rotatable bonds is 2. The van der Waals surface area contributed by atoms with Crippen molar-refractivity contribution >= 4 is 17.0 Å². The minimum Gasteiger partial charge on any atom is -0.380 e. The predicted octanol–water partition coefficient (Wildman–Crippen LogP) is 2.40. The number of anilines is 1. The fraction of sp³-hybridized carbons (Fsp3) is 0.615. The van der Waals surface area contributed by atoms with Crippen molar-refractivity contribution in [1.29, 1.82) is 0 Å². The highest BCUT2D eigenvalue weighted by atomic mass is 15.3. The van der Waals surface area contributed by atoms with Gasteiger partial charge in [0.1, 0.15) is 0 Å². The first-order valence-electron chi connectivity index (χ1n) is 6.83. The summed E-state index contributed by atoms with van der Waals surface area (Å²) in [6.07, 6.45) is 9.29. The van der Waals surface area contributed by atoms with E-state index in [9.17, 15) is 0 Å². The van der Waals surface area contributed by atoms with Gasteiger partial charge in [0.2, 0.25) is 0 Å². The summed E-state index contributed by atoms with van der Waals surface area (Å²) < 4.78 is 2.02. The summed E-state index contributed by atoms with van der Waals surface area (Å²) in [6.45, 7) is 0. The molecular formula is C13H17N5. The molecule has 0 atom stereocenters. The molecule has 18 heavy (non-hydrogen) atoms. The van der Waals surface area contributed by atoms with Gasteiger partial charge in [-0.1, -0.05) is 12.8 Å². The summed E-state index contributed by atoms with van der Waals surface area (Å²) in [6, 6.07) is 0.466. The Hall–Kier alpha value is -1.65. The van der Waals surface area contributed by atoms with Crippen LogP contribution < -0.4 is 5.73 Å². The van der Waals surface area contributed by atoms with Crippen LogP contribution in [0.25, 0.3) is 11.2 Å². The molecule has 0 aromatic carbocycles. The Morgan fingerprint density at radius 1 is 1.17 bits per heavy atom. The zero-order valence-electron chi connectivity index (χ0n) is 10.3. The lowest BCUT2D eigenvalue weighted by atomic mass is 10.2. The van der Waals surface area contributed by atoms with Crippen LogP contribution in [-0.4, -0.2) is 19.7 Å². The van der Waals surface area contributed by atoms with Crippen LogP contribution in [0.5, 0.6) is 0 Å². The molecule has 2 aromatic heterocycles. The average molecular weight is 243 g/mol. The molecule has 2 aromatic rings. The zero-order valence-corrected chi connectivity index (χ0v) is 10.3. The minimum absolute atomic E-state index is 0.466. The van der Waals surface area contributed by atoms with Crippen molar-refractivity contribution in [3.8, 4) is 0 Å². The Balaban J connectivity index is 1.87. The molecule has 2 aliphatic carbocycles. The Morgan fingerprint density at radius 2 is 1.94 bits per heavy atom. The van der Waals surface area contributed by atoms with E-state index in [2.05, 4.69) is 10.1 Å². The number of fused-ring (bicyclic) bond motifs is 1. The van der Waals surface area contributed by atoms with E-state index in [-0.39, 0.29) is 0 Å². The average Bonchev–Trinajstić information content (AvgIpc) is 3.00. The summed E-state index contributed by atoms with van der Waals surface area (Å²) in [7, 11) is 0. The minimum atomic E-state index is 0.466. The largest absolute Gasteiger partial charge is 0.380 e. The van der Waals surface area contributed by atoms with Gasteiger partial charge in [-0.05, 0) is 25.7 Å². The molecule has 2 N–H and O–H groups in total. The van der Waals surface area contributed by atoms with E-state index in [0.717, 1.165) is 16.9 Å². The predicted molar refractivity (Wildman–Crippen MR) is 69.2 cm³/mol. The van der Waals surface area contributed by atoms with Crippen LogP contribution in [0.15, 0.2) is 6.20 Å². The molecule has 0 unspecified atom stereocenters. The van der Waals surface area contributed by atoms with E-state index in [0.29, 0.717) is 17.8 Å². The third-order valence-electron chi connectivity index (χ3n) is 4.11. The van der Waals surface area contributed by atoms with Gasteiger partial charge in [0.05, 0.1) is 11.7 Å². The molecule has 0 amide bonds. The van der Waals surface area contributed by atoms with Gasteiger partial charge >= 0.3 is 0 Å². The van der Waals surface area contributed by atoms with Crippen molar-refractivity contribution < 1.29 is 0 Å². The van der Waals surface area contributed by atoms with Crippen LogP contribution in [0.2, 0.25) is 0 Å². The second-order valence-corrected chi connectivity index (χ2v) is 5.51. The molecule has 0 saturated heterocycles. The van der Waals surface area contributed by atoms with E-state index in [4.69, 9.17) is 10.7 Å².